The van der Waals surface area contributed by atoms with Gasteiger partial charge < -0.3 is 30.2 Å². The molecule has 4 N–H and O–H groups in total. The Labute approximate surface area is 244 Å². The lowest BCUT2D eigenvalue weighted by Crippen LogP contribution is -2.52. The van der Waals surface area contributed by atoms with Gasteiger partial charge in [0.25, 0.3) is 0 Å². The maximum absolute atomic E-state index is 12.1. The van der Waals surface area contributed by atoms with Gasteiger partial charge in [0.2, 0.25) is 0 Å². The minimum absolute atomic E-state index is 0.114. The number of benzene rings is 6. The molecule has 7 rings (SSSR count). The van der Waals surface area contributed by atoms with Crippen molar-refractivity contribution in [3.05, 3.63) is 96.1 Å². The molecule has 6 aromatic carbocycles. The van der Waals surface area contributed by atoms with E-state index in [-0.39, 0.29) is 11.5 Å². The number of rotatable bonds is 4. The van der Waals surface area contributed by atoms with Crippen molar-refractivity contribution in [1.29, 1.82) is 0 Å². The Kier molecular flexibility index (Phi) is 5.98. The highest BCUT2D eigenvalue weighted by molar-refractivity contribution is 6.17. The molecule has 0 unspecified atom stereocenters. The fraction of sp³-hybridized carbons (Fsp3) is 0.222. The average Bonchev–Trinajstić information content (AvgIpc) is 2.96. The summed E-state index contributed by atoms with van der Waals surface area (Å²) in [5.41, 5.74) is 3.43. The second-order valence-electron chi connectivity index (χ2n) is 11.8. The first-order chi connectivity index (χ1) is 20.2. The smallest absolute Gasteiger partial charge is 0.123 e. The number of aliphatic hydroxyl groups excluding tert-OH is 2. The van der Waals surface area contributed by atoms with Gasteiger partial charge in [-0.3, -0.25) is 0 Å². The van der Waals surface area contributed by atoms with E-state index in [1.54, 1.807) is 12.1 Å². The summed E-state index contributed by atoms with van der Waals surface area (Å²) in [4.78, 5) is 4.08. The number of aliphatic hydroxyl groups is 2. The first-order valence-corrected chi connectivity index (χ1v) is 14.3. The topological polar surface area (TPSA) is 87.4 Å². The summed E-state index contributed by atoms with van der Waals surface area (Å²) in [6, 6.07) is 26.9. The van der Waals surface area contributed by atoms with Crippen LogP contribution < -0.4 is 9.80 Å². The third kappa shape index (κ3) is 3.52. The number of fused-ring (bicyclic) bond motifs is 4. The predicted molar refractivity (Wildman–Crippen MR) is 172 cm³/mol. The number of phenols is 2. The van der Waals surface area contributed by atoms with Gasteiger partial charge >= 0.3 is 0 Å². The lowest BCUT2D eigenvalue weighted by Gasteiger charge is -2.48. The van der Waals surface area contributed by atoms with Gasteiger partial charge in [-0.2, -0.15) is 0 Å². The highest BCUT2D eigenvalue weighted by atomic mass is 16.3. The summed E-state index contributed by atoms with van der Waals surface area (Å²) >= 11 is 0. The lowest BCUT2D eigenvalue weighted by atomic mass is 9.60. The Morgan fingerprint density at radius 1 is 0.452 bits per heavy atom. The fourth-order valence-electron chi connectivity index (χ4n) is 7.49. The van der Waals surface area contributed by atoms with Crippen LogP contribution >= 0.6 is 0 Å². The van der Waals surface area contributed by atoms with Gasteiger partial charge in [0.15, 0.2) is 0 Å². The number of phenolic OH excluding ortho intramolecular Hbond substituents is 2. The van der Waals surface area contributed by atoms with Crippen LogP contribution in [0, 0.1) is 0 Å². The van der Waals surface area contributed by atoms with E-state index < -0.39 is 24.0 Å². The lowest BCUT2D eigenvalue weighted by molar-refractivity contribution is -0.0766. The summed E-state index contributed by atoms with van der Waals surface area (Å²) in [5, 5.41) is 53.4. The van der Waals surface area contributed by atoms with E-state index in [9.17, 15) is 20.4 Å². The molecule has 0 atom stereocenters. The quantitative estimate of drug-likeness (QED) is 0.186. The molecule has 42 heavy (non-hydrogen) atoms. The van der Waals surface area contributed by atoms with Gasteiger partial charge in [-0.25, -0.2) is 0 Å². The maximum atomic E-state index is 12.1. The van der Waals surface area contributed by atoms with Crippen LogP contribution in [0.15, 0.2) is 84.9 Å². The van der Waals surface area contributed by atoms with Gasteiger partial charge in [-0.15, -0.1) is 0 Å². The highest BCUT2D eigenvalue weighted by Gasteiger charge is 2.53. The second kappa shape index (κ2) is 9.51. The fourth-order valence-corrected chi connectivity index (χ4v) is 7.49. The Bertz CT molecular complexity index is 1880. The van der Waals surface area contributed by atoms with Crippen LogP contribution in [0.25, 0.3) is 43.1 Å². The molecule has 1 aliphatic rings. The van der Waals surface area contributed by atoms with E-state index in [2.05, 4.69) is 0 Å². The number of anilines is 2. The largest absolute Gasteiger partial charge is 0.507 e. The van der Waals surface area contributed by atoms with Gasteiger partial charge in [-0.1, -0.05) is 72.8 Å². The Morgan fingerprint density at radius 3 is 1.14 bits per heavy atom. The zero-order valence-electron chi connectivity index (χ0n) is 24.1. The molecule has 6 nitrogen and oxygen atoms in total. The average molecular weight is 559 g/mol. The summed E-state index contributed by atoms with van der Waals surface area (Å²) in [6.45, 7) is 0. The van der Waals surface area contributed by atoms with E-state index in [4.69, 9.17) is 0 Å². The number of hydrogen-bond acceptors (Lipinski definition) is 6. The molecule has 212 valence electrons. The molecule has 0 heterocycles. The molecular formula is C36H34N2O4. The van der Waals surface area contributed by atoms with Gasteiger partial charge in [-0.05, 0) is 34.0 Å². The zero-order chi connectivity index (χ0) is 29.4. The first-order valence-electron chi connectivity index (χ1n) is 14.3. The molecule has 0 spiro atoms. The molecule has 6 heteroatoms. The van der Waals surface area contributed by atoms with Gasteiger partial charge in [0.05, 0.1) is 23.6 Å². The third-order valence-electron chi connectivity index (χ3n) is 9.11. The number of aromatic hydroxyl groups is 2. The van der Waals surface area contributed by atoms with Crippen molar-refractivity contribution in [3.63, 3.8) is 0 Å². The highest BCUT2D eigenvalue weighted by Crippen LogP contribution is 2.57. The minimum Gasteiger partial charge on any atom is -0.507 e. The van der Waals surface area contributed by atoms with E-state index >= 15 is 0 Å². The molecule has 1 fully saturated rings. The molecule has 0 aliphatic heterocycles. The van der Waals surface area contributed by atoms with E-state index in [0.29, 0.717) is 10.8 Å². The van der Waals surface area contributed by atoms with Gasteiger partial charge in [0.1, 0.15) is 11.5 Å². The third-order valence-corrected chi connectivity index (χ3v) is 9.11. The van der Waals surface area contributed by atoms with Crippen molar-refractivity contribution in [1.82, 2.24) is 0 Å². The molecule has 0 aromatic heterocycles. The summed E-state index contributed by atoms with van der Waals surface area (Å²) in [7, 11) is 7.92. The van der Waals surface area contributed by atoms with E-state index in [1.807, 2.05) is 111 Å². The predicted octanol–water partition coefficient (Wildman–Crippen LogP) is 6.45. The Hall–Kier alpha value is -4.52. The van der Waals surface area contributed by atoms with Crippen molar-refractivity contribution in [3.8, 4) is 11.5 Å². The normalized spacial score (nSPS) is 20.3. The molecule has 0 bridgehead atoms. The van der Waals surface area contributed by atoms with Crippen molar-refractivity contribution in [2.45, 2.75) is 24.0 Å². The van der Waals surface area contributed by atoms with Crippen molar-refractivity contribution in [2.24, 2.45) is 0 Å². The van der Waals surface area contributed by atoms with Crippen LogP contribution in [-0.2, 0) is 0 Å². The molecule has 6 aromatic rings. The minimum atomic E-state index is -0.965. The Morgan fingerprint density at radius 2 is 0.786 bits per heavy atom. The molecular weight excluding hydrogens is 524 g/mol. The van der Waals surface area contributed by atoms with Crippen LogP contribution in [0.5, 0.6) is 11.5 Å². The van der Waals surface area contributed by atoms with Crippen LogP contribution in [-0.4, -0.2) is 60.8 Å². The van der Waals surface area contributed by atoms with E-state index in [1.165, 1.54) is 0 Å². The molecule has 0 saturated heterocycles. The van der Waals surface area contributed by atoms with E-state index in [0.717, 1.165) is 54.8 Å². The van der Waals surface area contributed by atoms with Crippen molar-refractivity contribution in [2.75, 3.05) is 38.0 Å². The Balaban J connectivity index is 1.51. The summed E-state index contributed by atoms with van der Waals surface area (Å²) < 4.78 is 0. The van der Waals surface area contributed by atoms with Gasteiger partial charge in [0, 0.05) is 72.3 Å². The molecule has 1 saturated carbocycles. The SMILES string of the molecule is CN(C)c1c2ccccc2c(C2C(O)C(c3c4ccccc4c(N(C)C)c4cccc(O)c34)C2O)c2c(O)cccc12. The first kappa shape index (κ1) is 26.4. The molecule has 0 radical (unpaired) electrons. The number of nitrogens with zero attached hydrogens (tertiary/aromatic N) is 2. The maximum Gasteiger partial charge on any atom is 0.123 e. The van der Waals surface area contributed by atoms with Crippen LogP contribution in [0.4, 0.5) is 11.4 Å². The summed E-state index contributed by atoms with van der Waals surface area (Å²) in [6.07, 6.45) is -1.93. The van der Waals surface area contributed by atoms with Crippen LogP contribution in [0.3, 0.4) is 0 Å². The van der Waals surface area contributed by atoms with Crippen LogP contribution in [0.2, 0.25) is 0 Å². The molecule has 1 aliphatic carbocycles. The standard InChI is InChI=1S/C36H34N2O4/c1-37(2)33-21-13-7-5-11-19(21)29(27-23(33)15-9-17-25(27)39)31-35(41)32(36(31)42)30-20-12-6-8-14-22(20)34(38(3)4)24-16-10-18-26(40)28(24)30/h5-18,31-32,35-36,39-42H,1-4H3. The van der Waals surface area contributed by atoms with Crippen LogP contribution in [0.1, 0.15) is 23.0 Å². The molecule has 0 amide bonds. The van der Waals surface area contributed by atoms with Crippen molar-refractivity contribution >= 4 is 54.5 Å². The number of hydrogen-bond donors (Lipinski definition) is 4. The van der Waals surface area contributed by atoms with Crippen molar-refractivity contribution < 1.29 is 20.4 Å². The summed E-state index contributed by atoms with van der Waals surface area (Å²) in [5.74, 6) is -1.08. The zero-order valence-corrected chi connectivity index (χ0v) is 24.1. The second-order valence-corrected chi connectivity index (χ2v) is 11.8. The monoisotopic (exact) mass is 558 g/mol.